The Balaban J connectivity index is 1.31. The van der Waals surface area contributed by atoms with Gasteiger partial charge in [-0.3, -0.25) is 19.3 Å². The number of anilines is 1. The number of ether oxygens (including phenoxy) is 1. The molecule has 3 fully saturated rings. The number of aliphatic hydroxyl groups is 1. The van der Waals surface area contributed by atoms with Crippen LogP contribution in [-0.2, 0) is 19.1 Å². The molecule has 0 radical (unpaired) electrons. The smallest absolute Gasteiger partial charge is 0.247 e. The van der Waals surface area contributed by atoms with Gasteiger partial charge in [0.05, 0.1) is 42.4 Å². The summed E-state index contributed by atoms with van der Waals surface area (Å²) in [5.41, 5.74) is 1.54. The fourth-order valence-corrected chi connectivity index (χ4v) is 10.1. The van der Waals surface area contributed by atoms with Crippen molar-refractivity contribution in [1.29, 1.82) is 0 Å². The molecule has 0 aromatic heterocycles. The standard InChI is InChI=1S/C35H40N4O5S/c1-34-14-8-17-38(26-12-6-3-7-13-26)31(41)28(34)29-32(42)39(27(24-40)25-10-4-2-5-11-25)30-33(43)37(16-9-15-35(29,30)45-34)19-18-36-20-22-44-23-21-36/h2-15,27-30,40H,16-24H2,1H3/t27-,28+,29+,30?,34-,35+/m1/s1. The van der Waals surface area contributed by atoms with Crippen LogP contribution in [0.15, 0.2) is 85.0 Å². The van der Waals surface area contributed by atoms with E-state index in [-0.39, 0.29) is 24.3 Å². The van der Waals surface area contributed by atoms with Crippen molar-refractivity contribution in [2.45, 2.75) is 28.5 Å². The lowest BCUT2D eigenvalue weighted by Crippen LogP contribution is -2.55. The Morgan fingerprint density at radius 3 is 2.27 bits per heavy atom. The van der Waals surface area contributed by atoms with Crippen molar-refractivity contribution in [2.75, 3.05) is 64.0 Å². The van der Waals surface area contributed by atoms with E-state index < -0.39 is 33.4 Å². The fraction of sp³-hybridized carbons (Fsp3) is 0.457. The molecule has 9 nitrogen and oxygen atoms in total. The van der Waals surface area contributed by atoms with Crippen molar-refractivity contribution in [2.24, 2.45) is 11.8 Å². The van der Waals surface area contributed by atoms with E-state index in [1.54, 1.807) is 21.6 Å². The zero-order valence-electron chi connectivity index (χ0n) is 25.5. The Morgan fingerprint density at radius 2 is 1.56 bits per heavy atom. The van der Waals surface area contributed by atoms with Crippen molar-refractivity contribution >= 4 is 35.2 Å². The summed E-state index contributed by atoms with van der Waals surface area (Å²) < 4.78 is 3.82. The van der Waals surface area contributed by atoms with E-state index in [4.69, 9.17) is 4.74 Å². The molecule has 0 bridgehead atoms. The second-order valence-electron chi connectivity index (χ2n) is 12.7. The molecule has 6 atom stereocenters. The van der Waals surface area contributed by atoms with Crippen LogP contribution >= 0.6 is 11.8 Å². The van der Waals surface area contributed by atoms with Crippen molar-refractivity contribution in [1.82, 2.24) is 14.7 Å². The average Bonchev–Trinajstić information content (AvgIpc) is 3.34. The molecule has 5 aliphatic rings. The van der Waals surface area contributed by atoms with Gasteiger partial charge in [0.1, 0.15) is 6.04 Å². The van der Waals surface area contributed by atoms with Crippen LogP contribution in [0.2, 0.25) is 0 Å². The van der Waals surface area contributed by atoms with Gasteiger partial charge in [-0.1, -0.05) is 72.8 Å². The molecule has 1 spiro atoms. The third kappa shape index (κ3) is 5.02. The van der Waals surface area contributed by atoms with Crippen molar-refractivity contribution in [3.8, 4) is 0 Å². The highest BCUT2D eigenvalue weighted by atomic mass is 32.2. The number of rotatable bonds is 7. The van der Waals surface area contributed by atoms with Gasteiger partial charge in [0.15, 0.2) is 0 Å². The predicted octanol–water partition coefficient (Wildman–Crippen LogP) is 2.74. The summed E-state index contributed by atoms with van der Waals surface area (Å²) >= 11 is 1.57. The number of thioether (sulfide) groups is 1. The van der Waals surface area contributed by atoms with Crippen molar-refractivity contribution in [3.05, 3.63) is 90.5 Å². The molecule has 1 N–H and O–H groups in total. The Labute approximate surface area is 268 Å². The zero-order chi connectivity index (χ0) is 31.2. The highest BCUT2D eigenvalue weighted by Gasteiger charge is 2.74. The highest BCUT2D eigenvalue weighted by Crippen LogP contribution is 2.66. The number of carbonyl (C=O) groups is 3. The Kier molecular flexibility index (Phi) is 8.10. The monoisotopic (exact) mass is 628 g/mol. The lowest BCUT2D eigenvalue weighted by atomic mass is 9.74. The molecule has 3 saturated heterocycles. The molecule has 2 aromatic rings. The lowest BCUT2D eigenvalue weighted by Gasteiger charge is -2.40. The van der Waals surface area contributed by atoms with Crippen LogP contribution < -0.4 is 4.90 Å². The summed E-state index contributed by atoms with van der Waals surface area (Å²) in [5, 5.41) is 10.8. The van der Waals surface area contributed by atoms with E-state index in [2.05, 4.69) is 11.0 Å². The van der Waals surface area contributed by atoms with Gasteiger partial charge in [0, 0.05) is 49.7 Å². The second-order valence-corrected chi connectivity index (χ2v) is 14.5. The average molecular weight is 629 g/mol. The molecule has 0 saturated carbocycles. The van der Waals surface area contributed by atoms with Gasteiger partial charge in [0.25, 0.3) is 0 Å². The highest BCUT2D eigenvalue weighted by molar-refractivity contribution is 8.02. The van der Waals surface area contributed by atoms with Gasteiger partial charge >= 0.3 is 0 Å². The lowest BCUT2D eigenvalue weighted by molar-refractivity contribution is -0.146. The number of nitrogens with zero attached hydrogens (tertiary/aromatic N) is 4. The fourth-order valence-electron chi connectivity index (χ4n) is 8.00. The molecule has 2 aromatic carbocycles. The Hall–Kier alpha value is -3.44. The topological polar surface area (TPSA) is 93.6 Å². The molecule has 236 valence electrons. The normalized spacial score (nSPS) is 32.3. The minimum Gasteiger partial charge on any atom is -0.394 e. The largest absolute Gasteiger partial charge is 0.394 e. The molecular weight excluding hydrogens is 588 g/mol. The molecule has 10 heteroatoms. The van der Waals surface area contributed by atoms with Gasteiger partial charge < -0.3 is 24.5 Å². The number of fused-ring (bicyclic) bond motifs is 2. The first-order valence-electron chi connectivity index (χ1n) is 15.9. The minimum absolute atomic E-state index is 0.119. The molecule has 5 aliphatic heterocycles. The molecule has 7 rings (SSSR count). The number of likely N-dealkylation sites (tertiary alicyclic amines) is 1. The Bertz CT molecular complexity index is 1500. The SMILES string of the molecule is C[C@@]12C=CCN(c3ccccc3)C(=O)[C@@H]1[C@H]1C(=O)N([C@H](CO)c3ccccc3)C3C(=O)N(CCN4CCOCC4)CC=C[C@@]31S2. The summed E-state index contributed by atoms with van der Waals surface area (Å²) in [6, 6.07) is 17.4. The summed E-state index contributed by atoms with van der Waals surface area (Å²) in [7, 11) is 0. The van der Waals surface area contributed by atoms with Crippen LogP contribution in [0.5, 0.6) is 0 Å². The first kappa shape index (κ1) is 30.2. The van der Waals surface area contributed by atoms with Crippen LogP contribution in [0.3, 0.4) is 0 Å². The van der Waals surface area contributed by atoms with E-state index in [0.29, 0.717) is 39.4 Å². The number of aliphatic hydroxyl groups excluding tert-OH is 1. The molecule has 3 amide bonds. The minimum atomic E-state index is -0.983. The van der Waals surface area contributed by atoms with Gasteiger partial charge in [-0.05, 0) is 24.6 Å². The number of benzene rings is 2. The van der Waals surface area contributed by atoms with E-state index in [1.165, 1.54) is 0 Å². The maximum absolute atomic E-state index is 15.0. The quantitative estimate of drug-likeness (QED) is 0.472. The maximum Gasteiger partial charge on any atom is 0.247 e. The predicted molar refractivity (Wildman–Crippen MR) is 174 cm³/mol. The van der Waals surface area contributed by atoms with E-state index in [9.17, 15) is 19.5 Å². The van der Waals surface area contributed by atoms with Crippen LogP contribution in [0.25, 0.3) is 0 Å². The van der Waals surface area contributed by atoms with E-state index in [0.717, 1.165) is 24.3 Å². The molecule has 1 unspecified atom stereocenters. The zero-order valence-corrected chi connectivity index (χ0v) is 26.4. The van der Waals surface area contributed by atoms with Gasteiger partial charge in [-0.25, -0.2) is 0 Å². The van der Waals surface area contributed by atoms with Crippen molar-refractivity contribution < 1.29 is 24.2 Å². The van der Waals surface area contributed by atoms with Crippen molar-refractivity contribution in [3.63, 3.8) is 0 Å². The summed E-state index contributed by atoms with van der Waals surface area (Å²) in [6.07, 6.45) is 8.15. The number of carbonyl (C=O) groups excluding carboxylic acids is 3. The number of hydrogen-bond acceptors (Lipinski definition) is 7. The second kappa shape index (κ2) is 12.1. The van der Waals surface area contributed by atoms with Gasteiger partial charge in [-0.15, -0.1) is 11.8 Å². The first-order chi connectivity index (χ1) is 21.9. The molecular formula is C35H40N4O5S. The van der Waals surface area contributed by atoms with Gasteiger partial charge in [-0.2, -0.15) is 0 Å². The number of hydrogen-bond donors (Lipinski definition) is 1. The summed E-state index contributed by atoms with van der Waals surface area (Å²) in [4.78, 5) is 52.0. The molecule has 5 heterocycles. The molecule has 0 aliphatic carbocycles. The summed E-state index contributed by atoms with van der Waals surface area (Å²) in [5.74, 6) is -1.99. The van der Waals surface area contributed by atoms with Crippen LogP contribution in [0, 0.1) is 11.8 Å². The van der Waals surface area contributed by atoms with E-state index in [1.807, 2.05) is 90.7 Å². The third-order valence-corrected chi connectivity index (χ3v) is 11.9. The first-order valence-corrected chi connectivity index (χ1v) is 16.7. The van der Waals surface area contributed by atoms with Crippen LogP contribution in [-0.4, -0.2) is 112 Å². The Morgan fingerprint density at radius 1 is 0.867 bits per heavy atom. The number of morpholine rings is 1. The third-order valence-electron chi connectivity index (χ3n) is 10.1. The maximum atomic E-state index is 15.0. The number of amides is 3. The van der Waals surface area contributed by atoms with Crippen LogP contribution in [0.1, 0.15) is 18.5 Å². The van der Waals surface area contributed by atoms with E-state index >= 15 is 0 Å². The molecule has 45 heavy (non-hydrogen) atoms. The van der Waals surface area contributed by atoms with Gasteiger partial charge in [0.2, 0.25) is 17.7 Å². The van der Waals surface area contributed by atoms with Crippen LogP contribution in [0.4, 0.5) is 5.69 Å². The number of para-hydroxylation sites is 1. The summed E-state index contributed by atoms with van der Waals surface area (Å²) in [6.45, 7) is 6.75.